The van der Waals surface area contributed by atoms with E-state index in [4.69, 9.17) is 16.7 Å². The molecule has 1 rings (SSSR count). The number of aryl methyl sites for hydroxylation is 1. The largest absolute Gasteiger partial charge is 0.284 e. The fraction of sp³-hybridized carbons (Fsp3) is 0.455. The van der Waals surface area contributed by atoms with Crippen LogP contribution in [0.15, 0.2) is 23.1 Å². The Morgan fingerprint density at radius 3 is 2.40 bits per heavy atom. The first-order valence-electron chi connectivity index (χ1n) is 5.85. The van der Waals surface area contributed by atoms with Crippen molar-refractivity contribution in [3.05, 3.63) is 23.8 Å². The second-order valence-corrected chi connectivity index (χ2v) is 8.09. The van der Waals surface area contributed by atoms with Crippen molar-refractivity contribution < 1.29 is 16.8 Å². The van der Waals surface area contributed by atoms with Gasteiger partial charge in [-0.3, -0.25) is 4.72 Å². The molecule has 0 aromatic heterocycles. The van der Waals surface area contributed by atoms with E-state index in [-0.39, 0.29) is 16.3 Å². The molecule has 0 unspecified atom stereocenters. The van der Waals surface area contributed by atoms with E-state index in [1.165, 1.54) is 18.2 Å². The Hall–Kier alpha value is -0.830. The summed E-state index contributed by atoms with van der Waals surface area (Å²) >= 11 is 5.48. The summed E-state index contributed by atoms with van der Waals surface area (Å²) < 4.78 is 48.6. The molecule has 0 aliphatic heterocycles. The van der Waals surface area contributed by atoms with Crippen LogP contribution in [0.1, 0.15) is 18.4 Å². The van der Waals surface area contributed by atoms with Crippen LogP contribution in [-0.4, -0.2) is 28.5 Å². The molecule has 0 heterocycles. The molecule has 0 amide bonds. The van der Waals surface area contributed by atoms with E-state index in [0.29, 0.717) is 24.3 Å². The second-order valence-electron chi connectivity index (χ2n) is 4.34. The Balaban J connectivity index is 2.94. The number of nitrogens with two attached hydrogens (primary N) is 1. The Bertz CT molecular complexity index is 672. The third-order valence-electron chi connectivity index (χ3n) is 2.56. The van der Waals surface area contributed by atoms with Crippen LogP contribution < -0.4 is 9.86 Å². The Kier molecular flexibility index (Phi) is 5.81. The predicted molar refractivity (Wildman–Crippen MR) is 79.9 cm³/mol. The summed E-state index contributed by atoms with van der Waals surface area (Å²) in [5, 5.41) is 5.07. The SMILES string of the molecule is Cc1ccc(NS(=O)(=O)CCCCCl)cc1S(N)(=O)=O. The number of nitrogens with one attached hydrogen (secondary N) is 1. The van der Waals surface area contributed by atoms with Gasteiger partial charge < -0.3 is 0 Å². The molecule has 0 saturated carbocycles. The van der Waals surface area contributed by atoms with Gasteiger partial charge in [0.2, 0.25) is 20.0 Å². The number of sulfonamides is 2. The maximum Gasteiger partial charge on any atom is 0.238 e. The normalized spacial score (nSPS) is 12.3. The third-order valence-corrected chi connectivity index (χ3v) is 5.26. The van der Waals surface area contributed by atoms with Gasteiger partial charge in [0, 0.05) is 11.6 Å². The summed E-state index contributed by atoms with van der Waals surface area (Å²) in [6.45, 7) is 1.58. The monoisotopic (exact) mass is 340 g/mol. The highest BCUT2D eigenvalue weighted by atomic mass is 35.5. The van der Waals surface area contributed by atoms with Gasteiger partial charge in [-0.1, -0.05) is 6.07 Å². The molecule has 0 fully saturated rings. The van der Waals surface area contributed by atoms with Crippen molar-refractivity contribution in [2.24, 2.45) is 5.14 Å². The van der Waals surface area contributed by atoms with Crippen LogP contribution in [0.5, 0.6) is 0 Å². The van der Waals surface area contributed by atoms with Gasteiger partial charge in [-0.25, -0.2) is 22.0 Å². The van der Waals surface area contributed by atoms with Crippen LogP contribution >= 0.6 is 11.6 Å². The fourth-order valence-corrected chi connectivity index (χ4v) is 3.76. The maximum atomic E-state index is 11.8. The van der Waals surface area contributed by atoms with Crippen LogP contribution in [-0.2, 0) is 20.0 Å². The maximum absolute atomic E-state index is 11.8. The molecule has 0 radical (unpaired) electrons. The molecule has 0 atom stereocenters. The van der Waals surface area contributed by atoms with Crippen molar-refractivity contribution in [1.82, 2.24) is 0 Å². The van der Waals surface area contributed by atoms with Crippen molar-refractivity contribution >= 4 is 37.3 Å². The van der Waals surface area contributed by atoms with Crippen molar-refractivity contribution in [3.63, 3.8) is 0 Å². The zero-order valence-electron chi connectivity index (χ0n) is 11.0. The Morgan fingerprint density at radius 1 is 1.20 bits per heavy atom. The predicted octanol–water partition coefficient (Wildman–Crippen LogP) is 1.40. The van der Waals surface area contributed by atoms with Crippen LogP contribution in [0, 0.1) is 6.92 Å². The van der Waals surface area contributed by atoms with Gasteiger partial charge in [0.25, 0.3) is 0 Å². The molecule has 0 saturated heterocycles. The number of halogens is 1. The van der Waals surface area contributed by atoms with Crippen LogP contribution in [0.25, 0.3) is 0 Å². The number of anilines is 1. The van der Waals surface area contributed by atoms with Crippen LogP contribution in [0.3, 0.4) is 0 Å². The Labute approximate surface area is 124 Å². The number of hydrogen-bond donors (Lipinski definition) is 2. The average Bonchev–Trinajstić information content (AvgIpc) is 2.30. The van der Waals surface area contributed by atoms with E-state index in [9.17, 15) is 16.8 Å². The quantitative estimate of drug-likeness (QED) is 0.578. The molecule has 0 aliphatic carbocycles. The van der Waals surface area contributed by atoms with E-state index >= 15 is 0 Å². The van der Waals surface area contributed by atoms with Gasteiger partial charge >= 0.3 is 0 Å². The third kappa shape index (κ3) is 5.28. The highest BCUT2D eigenvalue weighted by molar-refractivity contribution is 7.92. The molecule has 0 spiro atoms. The molecule has 0 aliphatic rings. The lowest BCUT2D eigenvalue weighted by molar-refractivity contribution is 0.595. The molecule has 6 nitrogen and oxygen atoms in total. The molecular weight excluding hydrogens is 324 g/mol. The van der Waals surface area contributed by atoms with E-state index in [0.717, 1.165) is 0 Å². The number of hydrogen-bond acceptors (Lipinski definition) is 4. The van der Waals surface area contributed by atoms with Crippen molar-refractivity contribution in [3.8, 4) is 0 Å². The summed E-state index contributed by atoms with van der Waals surface area (Å²) in [7, 11) is -7.41. The number of rotatable bonds is 7. The molecule has 3 N–H and O–H groups in total. The molecular formula is C11H17ClN2O4S2. The summed E-state index contributed by atoms with van der Waals surface area (Å²) in [5.41, 5.74) is 0.628. The van der Waals surface area contributed by atoms with Gasteiger partial charge in [0.1, 0.15) is 0 Å². The highest BCUT2D eigenvalue weighted by Gasteiger charge is 2.15. The minimum Gasteiger partial charge on any atom is -0.284 e. The van der Waals surface area contributed by atoms with Crippen molar-refractivity contribution in [2.45, 2.75) is 24.7 Å². The topological polar surface area (TPSA) is 106 Å². The van der Waals surface area contributed by atoms with Crippen molar-refractivity contribution in [1.29, 1.82) is 0 Å². The number of alkyl halides is 1. The summed E-state index contributed by atoms with van der Waals surface area (Å²) in [5.74, 6) is 0.327. The summed E-state index contributed by atoms with van der Waals surface area (Å²) in [4.78, 5) is -0.0986. The highest BCUT2D eigenvalue weighted by Crippen LogP contribution is 2.20. The van der Waals surface area contributed by atoms with Gasteiger partial charge in [-0.2, -0.15) is 0 Å². The van der Waals surface area contributed by atoms with E-state index in [1.54, 1.807) is 6.92 Å². The molecule has 20 heavy (non-hydrogen) atoms. The molecule has 9 heteroatoms. The van der Waals surface area contributed by atoms with Crippen LogP contribution in [0.4, 0.5) is 5.69 Å². The fourth-order valence-electron chi connectivity index (χ4n) is 1.59. The minimum atomic E-state index is -3.88. The lowest BCUT2D eigenvalue weighted by Gasteiger charge is -2.10. The molecule has 1 aromatic carbocycles. The van der Waals surface area contributed by atoms with E-state index in [1.807, 2.05) is 0 Å². The summed E-state index contributed by atoms with van der Waals surface area (Å²) in [6.07, 6.45) is 1.03. The smallest absolute Gasteiger partial charge is 0.238 e. The zero-order valence-corrected chi connectivity index (χ0v) is 13.4. The standard InChI is InChI=1S/C11H17ClN2O4S2/c1-9-4-5-10(8-11(9)20(13,17)18)14-19(15,16)7-3-2-6-12/h4-5,8,14H,2-3,6-7H2,1H3,(H2,13,17,18). The van der Waals surface area contributed by atoms with Gasteiger partial charge in [-0.05, 0) is 37.5 Å². The lowest BCUT2D eigenvalue weighted by Crippen LogP contribution is -2.18. The molecule has 0 bridgehead atoms. The Morgan fingerprint density at radius 2 is 1.85 bits per heavy atom. The number of primary sulfonamides is 1. The van der Waals surface area contributed by atoms with Crippen molar-refractivity contribution in [2.75, 3.05) is 16.4 Å². The lowest BCUT2D eigenvalue weighted by atomic mass is 10.2. The number of unbranched alkanes of at least 4 members (excludes halogenated alkanes) is 1. The average molecular weight is 341 g/mol. The first-order valence-corrected chi connectivity index (χ1v) is 9.59. The summed E-state index contributed by atoms with van der Waals surface area (Å²) in [6, 6.07) is 4.20. The first-order chi connectivity index (χ1) is 9.15. The van der Waals surface area contributed by atoms with E-state index in [2.05, 4.69) is 4.72 Å². The van der Waals surface area contributed by atoms with Gasteiger partial charge in [-0.15, -0.1) is 11.6 Å². The zero-order chi connectivity index (χ0) is 15.4. The number of benzene rings is 1. The first kappa shape index (κ1) is 17.2. The second kappa shape index (κ2) is 6.75. The molecule has 1 aromatic rings. The van der Waals surface area contributed by atoms with Crippen LogP contribution in [0.2, 0.25) is 0 Å². The van der Waals surface area contributed by atoms with Gasteiger partial charge in [0.15, 0.2) is 0 Å². The minimum absolute atomic E-state index is 0.0711. The van der Waals surface area contributed by atoms with E-state index < -0.39 is 20.0 Å². The molecule has 114 valence electrons. The van der Waals surface area contributed by atoms with Gasteiger partial charge in [0.05, 0.1) is 10.6 Å².